The van der Waals surface area contributed by atoms with E-state index >= 15 is 0 Å². The fourth-order valence-electron chi connectivity index (χ4n) is 1.11. The fourth-order valence-corrected chi connectivity index (χ4v) is 1.11. The molecule has 0 aliphatic heterocycles. The molecule has 78 valence electrons. The van der Waals surface area contributed by atoms with Crippen LogP contribution in [0.25, 0.3) is 0 Å². The molecule has 0 spiro atoms. The van der Waals surface area contributed by atoms with E-state index in [4.69, 9.17) is 5.11 Å². The Bertz CT molecular complexity index is 405. The third-order valence-electron chi connectivity index (χ3n) is 1.79. The van der Waals surface area contributed by atoms with Crippen LogP contribution in [-0.4, -0.2) is 22.6 Å². The molecule has 0 bridgehead atoms. The molecule has 0 aromatic carbocycles. The number of rotatable bonds is 4. The highest BCUT2D eigenvalue weighted by atomic mass is 16.4. The van der Waals surface area contributed by atoms with Gasteiger partial charge in [0.1, 0.15) is 0 Å². The van der Waals surface area contributed by atoms with E-state index in [-0.39, 0.29) is 5.56 Å². The lowest BCUT2D eigenvalue weighted by atomic mass is 10.2. The van der Waals surface area contributed by atoms with Gasteiger partial charge in [0.25, 0.3) is 0 Å². The van der Waals surface area contributed by atoms with Crippen LogP contribution in [0.2, 0.25) is 0 Å². The monoisotopic (exact) mass is 204 g/mol. The van der Waals surface area contributed by atoms with Gasteiger partial charge >= 0.3 is 5.97 Å². The molecule has 0 saturated heterocycles. The largest absolute Gasteiger partial charge is 0.478 e. The molecule has 0 aliphatic rings. The van der Waals surface area contributed by atoms with E-state index in [2.05, 4.69) is 22.1 Å². The molecular formula is C11H12N2O2. The molecule has 0 saturated carbocycles. The summed E-state index contributed by atoms with van der Waals surface area (Å²) in [7, 11) is 0. The average Bonchev–Trinajstić information content (AvgIpc) is 2.25. The van der Waals surface area contributed by atoms with Gasteiger partial charge in [0.2, 0.25) is 0 Å². The highest BCUT2D eigenvalue weighted by Gasteiger charge is 2.08. The molecule has 0 aliphatic carbocycles. The summed E-state index contributed by atoms with van der Waals surface area (Å²) in [6, 6.07) is 1.47. The Morgan fingerprint density at radius 1 is 1.67 bits per heavy atom. The Morgan fingerprint density at radius 3 is 3.13 bits per heavy atom. The topological polar surface area (TPSA) is 62.2 Å². The van der Waals surface area contributed by atoms with Crippen molar-refractivity contribution in [1.29, 1.82) is 0 Å². The van der Waals surface area contributed by atoms with Crippen molar-refractivity contribution in [2.45, 2.75) is 13.3 Å². The van der Waals surface area contributed by atoms with Gasteiger partial charge in [-0.25, -0.2) is 4.79 Å². The number of carboxylic acid groups (broad SMARTS) is 1. The molecule has 1 heterocycles. The summed E-state index contributed by atoms with van der Waals surface area (Å²) in [6.45, 7) is 2.39. The summed E-state index contributed by atoms with van der Waals surface area (Å²) in [5.41, 5.74) is 0.761. The predicted molar refractivity (Wildman–Crippen MR) is 57.8 cm³/mol. The zero-order chi connectivity index (χ0) is 11.1. The van der Waals surface area contributed by atoms with Crippen molar-refractivity contribution < 1.29 is 9.90 Å². The first-order chi connectivity index (χ1) is 7.25. The lowest BCUT2D eigenvalue weighted by Crippen LogP contribution is -2.07. The molecule has 0 atom stereocenters. The summed E-state index contributed by atoms with van der Waals surface area (Å²) in [6.07, 6.45) is 3.65. The van der Waals surface area contributed by atoms with Crippen molar-refractivity contribution in [1.82, 2.24) is 4.98 Å². The highest BCUT2D eigenvalue weighted by molar-refractivity contribution is 5.93. The Labute approximate surface area is 88.3 Å². The number of nitrogens with zero attached hydrogens (tertiary/aromatic N) is 1. The molecule has 15 heavy (non-hydrogen) atoms. The molecule has 0 fully saturated rings. The van der Waals surface area contributed by atoms with Crippen LogP contribution < -0.4 is 5.32 Å². The maximum absolute atomic E-state index is 10.8. The van der Waals surface area contributed by atoms with Gasteiger partial charge in [0.15, 0.2) is 0 Å². The maximum Gasteiger partial charge on any atom is 0.337 e. The molecule has 0 unspecified atom stereocenters. The number of hydrogen-bond acceptors (Lipinski definition) is 3. The molecule has 1 rings (SSSR count). The van der Waals surface area contributed by atoms with E-state index in [0.29, 0.717) is 18.7 Å². The normalized spacial score (nSPS) is 8.87. The number of pyridine rings is 1. The molecule has 1 aromatic rings. The lowest BCUT2D eigenvalue weighted by Gasteiger charge is -2.06. The Hall–Kier alpha value is -2.02. The first kappa shape index (κ1) is 11.1. The molecule has 0 radical (unpaired) electrons. The van der Waals surface area contributed by atoms with Gasteiger partial charge < -0.3 is 10.4 Å². The van der Waals surface area contributed by atoms with Gasteiger partial charge in [0.05, 0.1) is 17.4 Å². The van der Waals surface area contributed by atoms with Crippen molar-refractivity contribution >= 4 is 11.7 Å². The van der Waals surface area contributed by atoms with Gasteiger partial charge in [-0.2, -0.15) is 0 Å². The van der Waals surface area contributed by atoms with Crippen LogP contribution >= 0.6 is 0 Å². The number of aromatic nitrogens is 1. The highest BCUT2D eigenvalue weighted by Crippen LogP contribution is 2.12. The van der Waals surface area contributed by atoms with E-state index in [1.54, 1.807) is 6.92 Å². The number of nitrogens with one attached hydrogen (secondary N) is 1. The minimum Gasteiger partial charge on any atom is -0.478 e. The quantitative estimate of drug-likeness (QED) is 0.577. The second-order valence-electron chi connectivity index (χ2n) is 2.83. The minimum absolute atomic E-state index is 0.231. The van der Waals surface area contributed by atoms with Crippen LogP contribution in [0.15, 0.2) is 18.5 Å². The van der Waals surface area contributed by atoms with Crippen molar-refractivity contribution in [3.63, 3.8) is 0 Å². The summed E-state index contributed by atoms with van der Waals surface area (Å²) >= 11 is 0. The minimum atomic E-state index is -0.957. The summed E-state index contributed by atoms with van der Waals surface area (Å²) in [5, 5.41) is 11.9. The smallest absolute Gasteiger partial charge is 0.337 e. The maximum atomic E-state index is 10.8. The number of aromatic carboxylic acids is 1. The van der Waals surface area contributed by atoms with E-state index in [0.717, 1.165) is 0 Å². The third kappa shape index (κ3) is 3.31. The standard InChI is InChI=1S/C11H12N2O2/c1-2-3-4-6-13-10-8-12-7-5-9(10)11(14)15/h5,7-8,13H,4,6H2,1H3,(H,14,15). The zero-order valence-corrected chi connectivity index (χ0v) is 8.45. The number of carboxylic acids is 1. The number of hydrogen-bond donors (Lipinski definition) is 2. The summed E-state index contributed by atoms with van der Waals surface area (Å²) in [4.78, 5) is 14.7. The van der Waals surface area contributed by atoms with Crippen molar-refractivity contribution in [2.75, 3.05) is 11.9 Å². The van der Waals surface area contributed by atoms with E-state index in [1.165, 1.54) is 18.5 Å². The molecule has 0 amide bonds. The fraction of sp³-hybridized carbons (Fsp3) is 0.273. The van der Waals surface area contributed by atoms with Gasteiger partial charge in [-0.15, -0.1) is 11.8 Å². The van der Waals surface area contributed by atoms with Gasteiger partial charge in [-0.1, -0.05) is 0 Å². The molecule has 4 nitrogen and oxygen atoms in total. The van der Waals surface area contributed by atoms with Crippen LogP contribution in [0.5, 0.6) is 0 Å². The van der Waals surface area contributed by atoms with Crippen LogP contribution in [0.1, 0.15) is 23.7 Å². The first-order valence-electron chi connectivity index (χ1n) is 4.56. The molecular weight excluding hydrogens is 192 g/mol. The Balaban J connectivity index is 2.66. The first-order valence-corrected chi connectivity index (χ1v) is 4.56. The second kappa shape index (κ2) is 5.66. The lowest BCUT2D eigenvalue weighted by molar-refractivity contribution is 0.0698. The summed E-state index contributed by atoms with van der Waals surface area (Å²) < 4.78 is 0. The summed E-state index contributed by atoms with van der Waals surface area (Å²) in [5.74, 6) is 4.70. The van der Waals surface area contributed by atoms with Crippen LogP contribution in [0.4, 0.5) is 5.69 Å². The Morgan fingerprint density at radius 2 is 2.47 bits per heavy atom. The van der Waals surface area contributed by atoms with Crippen LogP contribution in [0, 0.1) is 11.8 Å². The molecule has 1 aromatic heterocycles. The van der Waals surface area contributed by atoms with Crippen LogP contribution in [-0.2, 0) is 0 Å². The van der Waals surface area contributed by atoms with E-state index in [1.807, 2.05) is 0 Å². The predicted octanol–water partition coefficient (Wildman–Crippen LogP) is 1.61. The second-order valence-corrected chi connectivity index (χ2v) is 2.83. The SMILES string of the molecule is CC#CCCNc1cnccc1C(=O)O. The van der Waals surface area contributed by atoms with E-state index in [9.17, 15) is 4.79 Å². The average molecular weight is 204 g/mol. The zero-order valence-electron chi connectivity index (χ0n) is 8.45. The van der Waals surface area contributed by atoms with Gasteiger partial charge in [-0.05, 0) is 13.0 Å². The van der Waals surface area contributed by atoms with Crippen molar-refractivity contribution in [3.8, 4) is 11.8 Å². The molecule has 2 N–H and O–H groups in total. The van der Waals surface area contributed by atoms with E-state index < -0.39 is 5.97 Å². The molecule has 4 heteroatoms. The third-order valence-corrected chi connectivity index (χ3v) is 1.79. The number of anilines is 1. The van der Waals surface area contributed by atoms with Gasteiger partial charge in [-0.3, -0.25) is 4.98 Å². The van der Waals surface area contributed by atoms with Crippen molar-refractivity contribution in [3.05, 3.63) is 24.0 Å². The van der Waals surface area contributed by atoms with Gasteiger partial charge in [0, 0.05) is 19.2 Å². The Kier molecular flexibility index (Phi) is 4.17. The van der Waals surface area contributed by atoms with Crippen LogP contribution in [0.3, 0.4) is 0 Å². The van der Waals surface area contributed by atoms with Crippen molar-refractivity contribution in [2.24, 2.45) is 0 Å². The number of carbonyl (C=O) groups is 1.